The molecule has 4 heterocycles. The van der Waals surface area contributed by atoms with Gasteiger partial charge in [-0.15, -0.1) is 0 Å². The quantitative estimate of drug-likeness (QED) is 0.576. The molecule has 0 saturated carbocycles. The zero-order chi connectivity index (χ0) is 24.1. The smallest absolute Gasteiger partial charge is 0.319 e. The van der Waals surface area contributed by atoms with Gasteiger partial charge in [-0.3, -0.25) is 0 Å². The predicted octanol–water partition coefficient (Wildman–Crippen LogP) is 3.69. The van der Waals surface area contributed by atoms with Crippen molar-refractivity contribution in [3.8, 4) is 22.9 Å². The van der Waals surface area contributed by atoms with Crippen molar-refractivity contribution in [2.45, 2.75) is 43.8 Å². The number of benzene rings is 2. The Morgan fingerprint density at radius 1 is 1.09 bits per heavy atom. The highest BCUT2D eigenvalue weighted by atomic mass is 19.1. The van der Waals surface area contributed by atoms with Crippen LogP contribution in [0.5, 0.6) is 11.8 Å². The Kier molecular flexibility index (Phi) is 5.69. The summed E-state index contributed by atoms with van der Waals surface area (Å²) in [6, 6.07) is 8.61. The Morgan fingerprint density at radius 2 is 1.89 bits per heavy atom. The predicted molar refractivity (Wildman–Crippen MR) is 130 cm³/mol. The number of phenols is 1. The van der Waals surface area contributed by atoms with Crippen LogP contribution in [0.3, 0.4) is 0 Å². The van der Waals surface area contributed by atoms with Crippen LogP contribution in [0.2, 0.25) is 0 Å². The van der Waals surface area contributed by atoms with Crippen molar-refractivity contribution in [3.05, 3.63) is 42.0 Å². The van der Waals surface area contributed by atoms with Crippen LogP contribution in [-0.2, 0) is 0 Å². The summed E-state index contributed by atoms with van der Waals surface area (Å²) in [6.45, 7) is 3.21. The highest BCUT2D eigenvalue weighted by Crippen LogP contribution is 2.36. The Bertz CT molecular complexity index is 1260. The highest BCUT2D eigenvalue weighted by molar-refractivity contribution is 5.93. The Balaban J connectivity index is 1.42. The van der Waals surface area contributed by atoms with E-state index in [-0.39, 0.29) is 11.6 Å². The highest BCUT2D eigenvalue weighted by Gasteiger charge is 2.34. The normalized spacial score (nSPS) is 24.4. The lowest BCUT2D eigenvalue weighted by atomic mass is 10.0. The van der Waals surface area contributed by atoms with Gasteiger partial charge in [-0.05, 0) is 69.1 Å². The van der Waals surface area contributed by atoms with Gasteiger partial charge >= 0.3 is 6.01 Å². The number of anilines is 1. The zero-order valence-electron chi connectivity index (χ0n) is 19.7. The molecule has 2 N–H and O–H groups in total. The number of likely N-dealkylation sites (tertiary alicyclic amines) is 1. The summed E-state index contributed by atoms with van der Waals surface area (Å²) in [5.74, 6) is -1.54. The molecule has 3 aromatic rings. The molecular formula is C26H29F2N5O2. The van der Waals surface area contributed by atoms with Crippen molar-refractivity contribution in [1.29, 1.82) is 0 Å². The molecule has 2 bridgehead atoms. The van der Waals surface area contributed by atoms with E-state index in [1.54, 1.807) is 18.2 Å². The molecule has 184 valence electrons. The topological polar surface area (TPSA) is 73.8 Å². The van der Waals surface area contributed by atoms with Gasteiger partial charge in [0.2, 0.25) is 0 Å². The number of aromatic hydroxyl groups is 1. The number of piperazine rings is 1. The summed E-state index contributed by atoms with van der Waals surface area (Å²) >= 11 is 0. The lowest BCUT2D eigenvalue weighted by molar-refractivity contribution is 0.188. The summed E-state index contributed by atoms with van der Waals surface area (Å²) in [6.07, 6.45) is 4.49. The second kappa shape index (κ2) is 8.87. The molecule has 2 aromatic carbocycles. The number of hydrogen-bond donors (Lipinski definition) is 2. The molecule has 0 radical (unpaired) electrons. The molecule has 3 aliphatic heterocycles. The molecule has 3 aliphatic rings. The third kappa shape index (κ3) is 4.16. The molecule has 3 atom stereocenters. The molecule has 9 heteroatoms. The fraction of sp³-hybridized carbons (Fsp3) is 0.462. The van der Waals surface area contributed by atoms with E-state index in [0.29, 0.717) is 35.8 Å². The molecule has 1 aromatic heterocycles. The van der Waals surface area contributed by atoms with Crippen LogP contribution in [0.1, 0.15) is 25.7 Å². The van der Waals surface area contributed by atoms with Crippen molar-refractivity contribution >= 4 is 16.7 Å². The van der Waals surface area contributed by atoms with Gasteiger partial charge in [0.25, 0.3) is 0 Å². The fourth-order valence-corrected chi connectivity index (χ4v) is 5.69. The van der Waals surface area contributed by atoms with Crippen molar-refractivity contribution in [1.82, 2.24) is 20.2 Å². The SMILES string of the molecule is CN1CCC[C@H]1COc1nc(N2C[C@H]3CC[C@@H](C2)N3)c2ccc(-c3c(F)ccc(O)c3F)cc2n1. The van der Waals surface area contributed by atoms with Crippen molar-refractivity contribution in [2.75, 3.05) is 38.2 Å². The molecule has 35 heavy (non-hydrogen) atoms. The maximum absolute atomic E-state index is 14.7. The first-order valence-electron chi connectivity index (χ1n) is 12.3. The molecule has 6 rings (SSSR count). The standard InChI is InChI=1S/C26H29F2N5O2/c1-32-10-2-3-18(32)14-35-26-30-21-11-15(23-20(27)8-9-22(34)24(23)28)4-7-19(21)25(31-26)33-12-16-5-6-17(13-33)29-16/h4,7-9,11,16-18,29,34H,2-3,5-6,10,12-14H2,1H3/t16-,17+,18-/m0/s1. The first kappa shape index (κ1) is 22.4. The van der Waals surface area contributed by atoms with Gasteiger partial charge in [0, 0.05) is 36.6 Å². The fourth-order valence-electron chi connectivity index (χ4n) is 5.69. The minimum atomic E-state index is -0.988. The van der Waals surface area contributed by atoms with Gasteiger partial charge in [0.15, 0.2) is 11.6 Å². The molecule has 0 aliphatic carbocycles. The molecule has 3 fully saturated rings. The lowest BCUT2D eigenvalue weighted by Gasteiger charge is -2.34. The maximum atomic E-state index is 14.7. The van der Waals surface area contributed by atoms with E-state index in [9.17, 15) is 13.9 Å². The lowest BCUT2D eigenvalue weighted by Crippen LogP contribution is -2.51. The van der Waals surface area contributed by atoms with Gasteiger partial charge in [-0.1, -0.05) is 6.07 Å². The van der Waals surface area contributed by atoms with Crippen LogP contribution in [0.4, 0.5) is 14.6 Å². The van der Waals surface area contributed by atoms with Crippen LogP contribution < -0.4 is 15.0 Å². The summed E-state index contributed by atoms with van der Waals surface area (Å²) < 4.78 is 35.3. The number of ether oxygens (including phenoxy) is 1. The van der Waals surface area contributed by atoms with Crippen LogP contribution in [-0.4, -0.2) is 71.4 Å². The van der Waals surface area contributed by atoms with Crippen LogP contribution >= 0.6 is 0 Å². The molecule has 0 unspecified atom stereocenters. The Hall–Kier alpha value is -3.04. The van der Waals surface area contributed by atoms with Crippen molar-refractivity contribution < 1.29 is 18.6 Å². The molecule has 0 spiro atoms. The largest absolute Gasteiger partial charge is 0.505 e. The first-order chi connectivity index (χ1) is 17.0. The number of nitrogens with zero attached hydrogens (tertiary/aromatic N) is 4. The number of likely N-dealkylation sites (N-methyl/N-ethyl adjacent to an activating group) is 1. The minimum Gasteiger partial charge on any atom is -0.505 e. The Morgan fingerprint density at radius 3 is 2.63 bits per heavy atom. The monoisotopic (exact) mass is 481 g/mol. The van der Waals surface area contributed by atoms with Gasteiger partial charge in [0.05, 0.1) is 11.1 Å². The number of aromatic nitrogens is 2. The van der Waals surface area contributed by atoms with E-state index in [1.807, 2.05) is 0 Å². The molecule has 0 amide bonds. The third-order valence-corrected chi connectivity index (χ3v) is 7.61. The molecule has 7 nitrogen and oxygen atoms in total. The number of phenolic OH excluding ortho intramolecular Hbond substituents is 1. The summed E-state index contributed by atoms with van der Waals surface area (Å²) in [4.78, 5) is 14.0. The van der Waals surface area contributed by atoms with Crippen molar-refractivity contribution in [3.63, 3.8) is 0 Å². The summed E-state index contributed by atoms with van der Waals surface area (Å²) in [7, 11) is 2.09. The Labute approximate surface area is 202 Å². The molecule has 3 saturated heterocycles. The number of halogens is 2. The van der Waals surface area contributed by atoms with E-state index >= 15 is 0 Å². The van der Waals surface area contributed by atoms with E-state index in [1.165, 1.54) is 0 Å². The minimum absolute atomic E-state index is 0.271. The van der Waals surface area contributed by atoms with Gasteiger partial charge in [0.1, 0.15) is 18.2 Å². The number of nitrogens with one attached hydrogen (secondary N) is 1. The first-order valence-corrected chi connectivity index (χ1v) is 12.3. The second-order valence-corrected chi connectivity index (χ2v) is 9.95. The van der Waals surface area contributed by atoms with E-state index < -0.39 is 17.4 Å². The van der Waals surface area contributed by atoms with Gasteiger partial charge in [-0.2, -0.15) is 9.97 Å². The maximum Gasteiger partial charge on any atom is 0.319 e. The number of rotatable bonds is 5. The summed E-state index contributed by atoms with van der Waals surface area (Å²) in [5.41, 5.74) is 0.576. The molecular weight excluding hydrogens is 452 g/mol. The van der Waals surface area contributed by atoms with Gasteiger partial charge < -0.3 is 25.0 Å². The zero-order valence-corrected chi connectivity index (χ0v) is 19.7. The van der Waals surface area contributed by atoms with Crippen LogP contribution in [0, 0.1) is 11.6 Å². The number of hydrogen-bond acceptors (Lipinski definition) is 7. The average Bonchev–Trinajstić information content (AvgIpc) is 3.42. The summed E-state index contributed by atoms with van der Waals surface area (Å²) in [5, 5.41) is 14.3. The van der Waals surface area contributed by atoms with Gasteiger partial charge in [-0.25, -0.2) is 8.78 Å². The van der Waals surface area contributed by atoms with E-state index in [0.717, 1.165) is 68.7 Å². The average molecular weight is 482 g/mol. The van der Waals surface area contributed by atoms with Crippen LogP contribution in [0.25, 0.3) is 22.0 Å². The third-order valence-electron chi connectivity index (χ3n) is 7.61. The van der Waals surface area contributed by atoms with E-state index in [2.05, 4.69) is 27.1 Å². The second-order valence-electron chi connectivity index (χ2n) is 9.95. The van der Waals surface area contributed by atoms with E-state index in [4.69, 9.17) is 9.72 Å². The van der Waals surface area contributed by atoms with Crippen LogP contribution in [0.15, 0.2) is 30.3 Å². The number of fused-ring (bicyclic) bond motifs is 3. The van der Waals surface area contributed by atoms with Crippen molar-refractivity contribution in [2.24, 2.45) is 0 Å².